The number of nitrogens with zero attached hydrogens (tertiary/aromatic N) is 2. The molecule has 1 aromatic heterocycles. The van der Waals surface area contributed by atoms with Gasteiger partial charge in [0.25, 0.3) is 5.56 Å². The first-order valence-electron chi connectivity index (χ1n) is 8.64. The third-order valence-corrected chi connectivity index (χ3v) is 5.44. The van der Waals surface area contributed by atoms with Crippen LogP contribution in [0.2, 0.25) is 0 Å². The fourth-order valence-electron chi connectivity index (χ4n) is 2.72. The lowest BCUT2D eigenvalue weighted by Gasteiger charge is -2.16. The fraction of sp³-hybridized carbons (Fsp3) is 0.200. The van der Waals surface area contributed by atoms with Gasteiger partial charge in [-0.3, -0.25) is 19.5 Å². The summed E-state index contributed by atoms with van der Waals surface area (Å²) in [4.78, 5) is 40.9. The normalized spacial score (nSPS) is 12.0. The highest BCUT2D eigenvalue weighted by Crippen LogP contribution is 2.26. The Morgan fingerprint density at radius 1 is 1.14 bits per heavy atom. The van der Waals surface area contributed by atoms with E-state index in [1.54, 1.807) is 31.2 Å². The molecule has 1 heterocycles. The van der Waals surface area contributed by atoms with E-state index in [0.717, 1.165) is 22.9 Å². The molecule has 7 nitrogen and oxygen atoms in total. The van der Waals surface area contributed by atoms with Crippen LogP contribution in [0.1, 0.15) is 18.1 Å². The van der Waals surface area contributed by atoms with E-state index in [2.05, 4.69) is 10.3 Å². The van der Waals surface area contributed by atoms with Crippen LogP contribution in [0.4, 0.5) is 4.79 Å². The Hall–Kier alpha value is -3.13. The van der Waals surface area contributed by atoms with Crippen LogP contribution in [0.15, 0.2) is 52.4 Å². The number of fused-ring (bicyclic) bond motifs is 1. The molecule has 0 radical (unpaired) electrons. The number of amides is 3. The average molecular weight is 396 g/mol. The lowest BCUT2D eigenvalue weighted by Crippen LogP contribution is -2.39. The summed E-state index contributed by atoms with van der Waals surface area (Å²) in [7, 11) is 0. The van der Waals surface area contributed by atoms with Gasteiger partial charge in [-0.15, -0.1) is 0 Å². The number of carbonyl (C=O) groups is 2. The Balaban J connectivity index is 2.17. The van der Waals surface area contributed by atoms with Crippen LogP contribution in [0, 0.1) is 13.8 Å². The van der Waals surface area contributed by atoms with Crippen molar-refractivity contribution in [2.24, 2.45) is 5.73 Å². The standard InChI is InChI=1S/C20H20N4O3S/c1-11-8-9-14(10-12(11)2)24-18(26)15-6-4-5-7-16(15)22-20(24)28-13(3)17(25)23-19(21)27/h4-10,13H,1-3H3,(H3,21,23,25,27)/t13-/m1/s1. The number of imide groups is 1. The third kappa shape index (κ3) is 3.91. The predicted molar refractivity (Wildman–Crippen MR) is 110 cm³/mol. The number of hydrogen-bond donors (Lipinski definition) is 2. The van der Waals surface area contributed by atoms with Gasteiger partial charge in [0, 0.05) is 0 Å². The topological polar surface area (TPSA) is 107 Å². The Morgan fingerprint density at radius 2 is 1.86 bits per heavy atom. The largest absolute Gasteiger partial charge is 0.351 e. The number of nitrogens with one attached hydrogen (secondary N) is 1. The van der Waals surface area contributed by atoms with Crippen LogP contribution in [-0.2, 0) is 4.79 Å². The van der Waals surface area contributed by atoms with Crippen LogP contribution in [0.25, 0.3) is 16.6 Å². The van der Waals surface area contributed by atoms with Crippen LogP contribution >= 0.6 is 11.8 Å². The smallest absolute Gasteiger partial charge is 0.318 e. The minimum Gasteiger partial charge on any atom is -0.351 e. The molecule has 0 bridgehead atoms. The Morgan fingerprint density at radius 3 is 2.54 bits per heavy atom. The van der Waals surface area contributed by atoms with Crippen LogP contribution in [0.5, 0.6) is 0 Å². The van der Waals surface area contributed by atoms with Crippen molar-refractivity contribution in [2.75, 3.05) is 0 Å². The number of aryl methyl sites for hydroxylation is 2. The number of hydrogen-bond acceptors (Lipinski definition) is 5. The minimum absolute atomic E-state index is 0.223. The number of thioether (sulfide) groups is 1. The highest BCUT2D eigenvalue weighted by molar-refractivity contribution is 8.00. The number of carbonyl (C=O) groups excluding carboxylic acids is 2. The molecule has 1 atom stereocenters. The first kappa shape index (κ1) is 19.6. The molecule has 0 saturated heterocycles. The SMILES string of the molecule is Cc1ccc(-n2c(S[C@H](C)C(=O)NC(N)=O)nc3ccccc3c2=O)cc1C. The van der Waals surface area contributed by atoms with Gasteiger partial charge in [0.05, 0.1) is 21.8 Å². The molecule has 0 unspecified atom stereocenters. The Bertz CT molecular complexity index is 1140. The molecular weight excluding hydrogens is 376 g/mol. The predicted octanol–water partition coefficient (Wildman–Crippen LogP) is 2.68. The summed E-state index contributed by atoms with van der Waals surface area (Å²) in [5, 5.41) is 2.22. The molecular formula is C20H20N4O3S. The van der Waals surface area contributed by atoms with Crippen molar-refractivity contribution in [1.29, 1.82) is 0 Å². The van der Waals surface area contributed by atoms with E-state index in [9.17, 15) is 14.4 Å². The highest BCUT2D eigenvalue weighted by atomic mass is 32.2. The number of primary amides is 1. The summed E-state index contributed by atoms with van der Waals surface area (Å²) >= 11 is 1.09. The maximum atomic E-state index is 13.2. The van der Waals surface area contributed by atoms with Crippen LogP contribution in [0.3, 0.4) is 0 Å². The lowest BCUT2D eigenvalue weighted by molar-refractivity contribution is -0.119. The molecule has 144 valence electrons. The van der Waals surface area contributed by atoms with E-state index in [1.807, 2.05) is 32.0 Å². The van der Waals surface area contributed by atoms with Gasteiger partial charge in [0.2, 0.25) is 5.91 Å². The van der Waals surface area contributed by atoms with Crippen molar-refractivity contribution in [3.8, 4) is 5.69 Å². The number of rotatable bonds is 4. The summed E-state index contributed by atoms with van der Waals surface area (Å²) in [5.74, 6) is -0.549. The van der Waals surface area contributed by atoms with Gasteiger partial charge in [-0.2, -0.15) is 0 Å². The summed E-state index contributed by atoms with van der Waals surface area (Å²) in [6, 6.07) is 11.8. The zero-order valence-electron chi connectivity index (χ0n) is 15.7. The molecule has 3 amide bonds. The summed E-state index contributed by atoms with van der Waals surface area (Å²) in [6.45, 7) is 5.58. The van der Waals surface area contributed by atoms with E-state index in [4.69, 9.17) is 5.73 Å². The van der Waals surface area contributed by atoms with Gasteiger partial charge in [0.15, 0.2) is 5.16 Å². The maximum absolute atomic E-state index is 13.2. The number of nitrogens with two attached hydrogens (primary N) is 1. The quantitative estimate of drug-likeness (QED) is 0.521. The molecule has 3 N–H and O–H groups in total. The summed E-state index contributed by atoms with van der Waals surface area (Å²) in [5.41, 5.74) is 8.14. The maximum Gasteiger partial charge on any atom is 0.318 e. The Kier molecular flexibility index (Phi) is 5.51. The van der Waals surface area contributed by atoms with Crippen molar-refractivity contribution in [3.63, 3.8) is 0 Å². The first-order chi connectivity index (χ1) is 13.3. The lowest BCUT2D eigenvalue weighted by atomic mass is 10.1. The fourth-order valence-corrected chi connectivity index (χ4v) is 3.65. The van der Waals surface area contributed by atoms with Gasteiger partial charge >= 0.3 is 6.03 Å². The number of benzene rings is 2. The molecule has 3 rings (SSSR count). The van der Waals surface area contributed by atoms with Crippen LogP contribution < -0.4 is 16.6 Å². The molecule has 0 fully saturated rings. The molecule has 28 heavy (non-hydrogen) atoms. The van der Waals surface area contributed by atoms with Crippen molar-refractivity contribution in [3.05, 3.63) is 63.9 Å². The van der Waals surface area contributed by atoms with E-state index in [0.29, 0.717) is 21.7 Å². The molecule has 2 aromatic carbocycles. The number of urea groups is 1. The molecule has 0 spiro atoms. The van der Waals surface area contributed by atoms with Crippen molar-refractivity contribution >= 4 is 34.6 Å². The zero-order chi connectivity index (χ0) is 20.4. The summed E-state index contributed by atoms with van der Waals surface area (Å²) < 4.78 is 1.49. The van der Waals surface area contributed by atoms with E-state index in [1.165, 1.54) is 4.57 Å². The van der Waals surface area contributed by atoms with Crippen molar-refractivity contribution in [2.45, 2.75) is 31.2 Å². The first-order valence-corrected chi connectivity index (χ1v) is 9.52. The number of para-hydroxylation sites is 1. The molecule has 8 heteroatoms. The molecule has 0 saturated carbocycles. The van der Waals surface area contributed by atoms with Gasteiger partial charge in [-0.05, 0) is 56.2 Å². The minimum atomic E-state index is -0.921. The highest BCUT2D eigenvalue weighted by Gasteiger charge is 2.21. The zero-order valence-corrected chi connectivity index (χ0v) is 16.5. The second kappa shape index (κ2) is 7.85. The van der Waals surface area contributed by atoms with Crippen LogP contribution in [-0.4, -0.2) is 26.7 Å². The third-order valence-electron chi connectivity index (χ3n) is 4.39. The van der Waals surface area contributed by atoms with Gasteiger partial charge in [0.1, 0.15) is 0 Å². The van der Waals surface area contributed by atoms with E-state index < -0.39 is 17.2 Å². The number of aromatic nitrogens is 2. The monoisotopic (exact) mass is 396 g/mol. The second-order valence-corrected chi connectivity index (χ2v) is 7.74. The van der Waals surface area contributed by atoms with Gasteiger partial charge < -0.3 is 5.73 Å². The van der Waals surface area contributed by atoms with Gasteiger partial charge in [-0.1, -0.05) is 30.0 Å². The van der Waals surface area contributed by atoms with Crippen molar-refractivity contribution in [1.82, 2.24) is 14.9 Å². The molecule has 0 aliphatic heterocycles. The molecule has 0 aliphatic carbocycles. The molecule has 0 aliphatic rings. The second-order valence-electron chi connectivity index (χ2n) is 6.43. The van der Waals surface area contributed by atoms with E-state index in [-0.39, 0.29) is 5.56 Å². The average Bonchev–Trinajstić information content (AvgIpc) is 2.64. The van der Waals surface area contributed by atoms with E-state index >= 15 is 0 Å². The van der Waals surface area contributed by atoms with Gasteiger partial charge in [-0.25, -0.2) is 9.78 Å². The Labute approximate surface area is 166 Å². The summed E-state index contributed by atoms with van der Waals surface area (Å²) in [6.07, 6.45) is 0. The molecule has 3 aromatic rings. The van der Waals surface area contributed by atoms with Crippen molar-refractivity contribution < 1.29 is 9.59 Å².